The first-order chi connectivity index (χ1) is 35.6. The second-order valence-electron chi connectivity index (χ2n) is 18.6. The Bertz CT molecular complexity index is 2300. The Kier molecular flexibility index (Phi) is 27.0. The van der Waals surface area contributed by atoms with E-state index in [1.54, 1.807) is 60.7 Å². The Morgan fingerprint density at radius 2 is 0.816 bits per heavy atom. The number of carbonyl (C=O) groups excluding carboxylic acids is 8. The normalized spacial score (nSPS) is 16.1. The lowest BCUT2D eigenvalue weighted by molar-refractivity contribution is -0.140. The molecule has 28 heteroatoms. The molecule has 12 atom stereocenters. The fraction of sp³-hybridized carbons (Fsp3) is 0.542. The summed E-state index contributed by atoms with van der Waals surface area (Å²) in [5.74, 6) is -8.62. The van der Waals surface area contributed by atoms with Crippen molar-refractivity contribution < 1.29 is 58.8 Å². The minimum absolute atomic E-state index is 0.0943. The lowest BCUT2D eigenvalue weighted by Crippen LogP contribution is -2.68. The average molecular weight is 1070 g/mol. The molecule has 6 amide bonds. The van der Waals surface area contributed by atoms with E-state index < -0.39 is 132 Å². The molecule has 0 aromatic heterocycles. The molecule has 422 valence electrons. The number of hydrogen-bond acceptors (Lipinski definition) is 18. The van der Waals surface area contributed by atoms with Crippen LogP contribution >= 0.6 is 0 Å². The molecule has 0 unspecified atom stereocenters. The summed E-state index contributed by atoms with van der Waals surface area (Å²) in [6.45, 7) is 4.80. The van der Waals surface area contributed by atoms with Gasteiger partial charge in [-0.15, -0.1) is 0 Å². The summed E-state index contributed by atoms with van der Waals surface area (Å²) < 4.78 is 0. The summed E-state index contributed by atoms with van der Waals surface area (Å²) in [5, 5.41) is 57.1. The van der Waals surface area contributed by atoms with E-state index in [9.17, 15) is 58.8 Å². The highest BCUT2D eigenvalue weighted by atomic mass is 16.3. The highest BCUT2D eigenvalue weighted by Gasteiger charge is 2.44. The monoisotopic (exact) mass is 1070 g/mol. The minimum Gasteiger partial charge on any atom is -0.391 e. The summed E-state index contributed by atoms with van der Waals surface area (Å²) in [6, 6.07) is 4.42. The smallest absolute Gasteiger partial charge is 0.245 e. The number of aliphatic hydroxyl groups excluding tert-OH is 4. The van der Waals surface area contributed by atoms with Crippen molar-refractivity contribution in [3.63, 3.8) is 0 Å². The van der Waals surface area contributed by atoms with Gasteiger partial charge in [0.2, 0.25) is 35.4 Å². The first-order valence-electron chi connectivity index (χ1n) is 24.4. The number of carbonyl (C=O) groups is 8. The van der Waals surface area contributed by atoms with E-state index >= 15 is 0 Å². The molecule has 0 aliphatic heterocycles. The van der Waals surface area contributed by atoms with Crippen LogP contribution in [0.1, 0.15) is 70.9 Å². The molecule has 28 nitrogen and oxygen atoms in total. The zero-order valence-corrected chi connectivity index (χ0v) is 43.1. The van der Waals surface area contributed by atoms with Gasteiger partial charge in [0.05, 0.1) is 36.5 Å². The third kappa shape index (κ3) is 22.3. The molecule has 0 spiro atoms. The third-order valence-electron chi connectivity index (χ3n) is 11.7. The molecule has 0 fully saturated rings. The number of benzene rings is 2. The summed E-state index contributed by atoms with van der Waals surface area (Å²) in [6.07, 6.45) is -7.27. The first-order valence-corrected chi connectivity index (χ1v) is 24.4. The predicted molar refractivity (Wildman–Crippen MR) is 280 cm³/mol. The molecule has 26 N–H and O–H groups in total. The van der Waals surface area contributed by atoms with Crippen molar-refractivity contribution in [2.75, 3.05) is 13.1 Å². The van der Waals surface area contributed by atoms with Gasteiger partial charge in [-0.3, -0.25) is 48.3 Å². The van der Waals surface area contributed by atoms with Crippen molar-refractivity contribution >= 4 is 58.9 Å². The Morgan fingerprint density at radius 1 is 0.487 bits per heavy atom. The number of aliphatic hydroxyl groups is 4. The van der Waals surface area contributed by atoms with Gasteiger partial charge in [-0.1, -0.05) is 60.7 Å². The van der Waals surface area contributed by atoms with Crippen LogP contribution in [0.25, 0.3) is 0 Å². The van der Waals surface area contributed by atoms with Crippen LogP contribution in [0.5, 0.6) is 0 Å². The topological polar surface area (TPSA) is 523 Å². The predicted octanol–water partition coefficient (Wildman–Crippen LogP) is -7.19. The molecular formula is C48H78N16O12. The van der Waals surface area contributed by atoms with Gasteiger partial charge in [0, 0.05) is 32.4 Å². The summed E-state index contributed by atoms with van der Waals surface area (Å²) in [7, 11) is 0. The van der Waals surface area contributed by atoms with Gasteiger partial charge in [0.15, 0.2) is 23.5 Å². The molecule has 0 aliphatic rings. The van der Waals surface area contributed by atoms with Crippen molar-refractivity contribution in [3.8, 4) is 0 Å². The van der Waals surface area contributed by atoms with Crippen LogP contribution in [-0.2, 0) is 51.2 Å². The highest BCUT2D eigenvalue weighted by Crippen LogP contribution is 2.14. The lowest BCUT2D eigenvalue weighted by Gasteiger charge is -2.33. The molecular weight excluding hydrogens is 993 g/mol. The molecule has 2 aromatic rings. The number of Topliss-reactive ketones (excluding diaryl/α,β-unsaturated/α-hetero) is 2. The van der Waals surface area contributed by atoms with Gasteiger partial charge in [-0.2, -0.15) is 0 Å². The van der Waals surface area contributed by atoms with Crippen molar-refractivity contribution in [2.45, 2.75) is 151 Å². The van der Waals surface area contributed by atoms with Gasteiger partial charge in [-0.25, -0.2) is 0 Å². The van der Waals surface area contributed by atoms with E-state index in [2.05, 4.69) is 41.9 Å². The van der Waals surface area contributed by atoms with Crippen molar-refractivity contribution in [3.05, 3.63) is 71.8 Å². The van der Waals surface area contributed by atoms with Crippen LogP contribution in [0.2, 0.25) is 0 Å². The van der Waals surface area contributed by atoms with Crippen molar-refractivity contribution in [2.24, 2.45) is 55.9 Å². The number of nitrogens with two attached hydrogens (primary N) is 8. The number of aliphatic imine (C=N–C) groups is 2. The summed E-state index contributed by atoms with van der Waals surface area (Å²) in [5.41, 5.74) is 44.3. The van der Waals surface area contributed by atoms with Gasteiger partial charge in [0.1, 0.15) is 41.9 Å². The zero-order chi connectivity index (χ0) is 57.4. The molecule has 0 saturated carbocycles. The zero-order valence-electron chi connectivity index (χ0n) is 43.1. The molecule has 0 aliphatic carbocycles. The van der Waals surface area contributed by atoms with Crippen LogP contribution in [0.4, 0.5) is 0 Å². The van der Waals surface area contributed by atoms with E-state index in [-0.39, 0.29) is 50.7 Å². The van der Waals surface area contributed by atoms with E-state index in [0.717, 1.165) is 27.7 Å². The molecule has 0 saturated heterocycles. The number of ketones is 2. The number of nitrogens with one attached hydrogen (secondary N) is 6. The van der Waals surface area contributed by atoms with E-state index in [4.69, 9.17) is 45.9 Å². The second kappa shape index (κ2) is 31.6. The summed E-state index contributed by atoms with van der Waals surface area (Å²) in [4.78, 5) is 117. The molecule has 76 heavy (non-hydrogen) atoms. The maximum absolute atomic E-state index is 14.0. The number of guanidine groups is 2. The van der Waals surface area contributed by atoms with E-state index in [0.29, 0.717) is 24.0 Å². The van der Waals surface area contributed by atoms with Crippen molar-refractivity contribution in [1.82, 2.24) is 31.9 Å². The molecule has 2 aromatic carbocycles. The highest BCUT2D eigenvalue weighted by molar-refractivity contribution is 6.02. The number of amides is 6. The standard InChI is InChI=1S/C48H78N16O12/c1-24(65)35(61-44(75)37(26(3)67)63-42(73)32(21-28-13-7-5-8-14-28)59-40(71)30(49)17-11-19-57-46(51)52)34(69)23-48(55,56)39(70)36(25(2)66)62-45(76)38(27(4)68)64-43(74)33(22-29-15-9-6-10-16-29)60-41(72)31(50)18-12-20-58-47(53)54/h5-10,13-16,24-27,30-33,35-38,65-68H,11-12,17-23,49-50,55-56H2,1-4H3,(H,59,71)(H,60,72)(H,61,75)(H,62,76)(H,63,73)(H,64,74)(H4,51,52,57)(H4,53,54,58)/t24-,25-,26-,27-,30+,31+,32+,33+,35+,36+,37+,38+/m1/s1. The SMILES string of the molecule is C[C@@H](O)[C@H](NC(=O)[C@@H](NC(=O)[C@H](Cc1ccccc1)NC(=O)[C@@H](N)CCCN=C(N)N)[C@@H](C)O)C(=O)CC(N)(N)C(=O)[C@@H](NC(=O)[C@@H](NC(=O)[C@H](Cc1ccccc1)NC(=O)[C@@H](N)CCCN=C(N)N)[C@@H](C)O)[C@@H](C)O. The fourth-order valence-electron chi connectivity index (χ4n) is 7.43. The second-order valence-corrected chi connectivity index (χ2v) is 18.6. The average Bonchev–Trinajstić information content (AvgIpc) is 3.34. The Morgan fingerprint density at radius 3 is 1.14 bits per heavy atom. The Labute approximate surface area is 440 Å². The fourth-order valence-corrected chi connectivity index (χ4v) is 7.43. The maximum atomic E-state index is 14.0. The maximum Gasteiger partial charge on any atom is 0.245 e. The number of hydrogen-bond donors (Lipinski definition) is 18. The molecule has 0 heterocycles. The first kappa shape index (κ1) is 64.9. The lowest BCUT2D eigenvalue weighted by atomic mass is 9.89. The minimum atomic E-state index is -2.76. The van der Waals surface area contributed by atoms with Crippen LogP contribution in [0.3, 0.4) is 0 Å². The largest absolute Gasteiger partial charge is 0.391 e. The van der Waals surface area contributed by atoms with Crippen LogP contribution in [-0.4, -0.2) is 171 Å². The number of nitrogens with zero attached hydrogens (tertiary/aromatic N) is 2. The van der Waals surface area contributed by atoms with Crippen LogP contribution in [0, 0.1) is 0 Å². The van der Waals surface area contributed by atoms with Gasteiger partial charge < -0.3 is 98.2 Å². The Balaban J connectivity index is 2.28. The van der Waals surface area contributed by atoms with Crippen molar-refractivity contribution in [1.29, 1.82) is 0 Å². The third-order valence-corrected chi connectivity index (χ3v) is 11.7. The van der Waals surface area contributed by atoms with E-state index in [1.165, 1.54) is 0 Å². The quantitative estimate of drug-likeness (QED) is 0.0137. The van der Waals surface area contributed by atoms with Gasteiger partial charge in [-0.05, 0) is 64.5 Å². The van der Waals surface area contributed by atoms with Crippen LogP contribution < -0.4 is 77.8 Å². The molecule has 0 bridgehead atoms. The molecule has 0 radical (unpaired) electrons. The summed E-state index contributed by atoms with van der Waals surface area (Å²) >= 11 is 0. The van der Waals surface area contributed by atoms with E-state index in [1.807, 2.05) is 0 Å². The van der Waals surface area contributed by atoms with Gasteiger partial charge in [0.25, 0.3) is 0 Å². The van der Waals surface area contributed by atoms with Crippen LogP contribution in [0.15, 0.2) is 70.6 Å². The number of rotatable bonds is 33. The Hall–Kier alpha value is -7.18. The molecule has 2 rings (SSSR count). The van der Waals surface area contributed by atoms with Gasteiger partial charge >= 0.3 is 0 Å².